The van der Waals surface area contributed by atoms with E-state index in [1.807, 2.05) is 24.0 Å². The number of ether oxygens (including phenoxy) is 1. The van der Waals surface area contributed by atoms with Crippen molar-refractivity contribution in [1.29, 1.82) is 0 Å². The van der Waals surface area contributed by atoms with Crippen LogP contribution in [0.25, 0.3) is 0 Å². The molecule has 1 fully saturated rings. The molecule has 1 aliphatic carbocycles. The summed E-state index contributed by atoms with van der Waals surface area (Å²) < 4.78 is 5.55. The summed E-state index contributed by atoms with van der Waals surface area (Å²) >= 11 is 0. The lowest BCUT2D eigenvalue weighted by Crippen LogP contribution is -2.37. The Hall–Kier alpha value is -1.55. The number of para-hydroxylation sites is 1. The van der Waals surface area contributed by atoms with Crippen molar-refractivity contribution in [3.8, 4) is 0 Å². The zero-order valence-corrected chi connectivity index (χ0v) is 12.0. The minimum absolute atomic E-state index is 0.210. The number of fused-ring (bicyclic) bond motifs is 1. The molecule has 3 rings (SSSR count). The number of hydrogen-bond donors (Lipinski definition) is 1. The largest absolute Gasteiger partial charge is 0.397 e. The summed E-state index contributed by atoms with van der Waals surface area (Å²) in [5, 5.41) is 0. The SMILES string of the molecule is CCOC1CC(CC(=O)N2CCc3cccc(N)c32)C1. The van der Waals surface area contributed by atoms with Crippen LogP contribution in [0.5, 0.6) is 0 Å². The molecule has 0 unspecified atom stereocenters. The van der Waals surface area contributed by atoms with E-state index in [1.165, 1.54) is 5.56 Å². The van der Waals surface area contributed by atoms with Crippen molar-refractivity contribution >= 4 is 17.3 Å². The van der Waals surface area contributed by atoms with Crippen LogP contribution in [0.1, 0.15) is 31.7 Å². The summed E-state index contributed by atoms with van der Waals surface area (Å²) in [6.45, 7) is 3.55. The Bertz CT molecular complexity index is 509. The lowest BCUT2D eigenvalue weighted by Gasteiger charge is -2.35. The van der Waals surface area contributed by atoms with E-state index in [-0.39, 0.29) is 5.91 Å². The molecule has 4 nitrogen and oxygen atoms in total. The Morgan fingerprint density at radius 2 is 2.25 bits per heavy atom. The summed E-state index contributed by atoms with van der Waals surface area (Å²) in [5.41, 5.74) is 8.88. The van der Waals surface area contributed by atoms with Gasteiger partial charge in [0.1, 0.15) is 0 Å². The molecular weight excluding hydrogens is 252 g/mol. The predicted octanol–water partition coefficient (Wildman–Crippen LogP) is 2.36. The number of hydrogen-bond acceptors (Lipinski definition) is 3. The highest BCUT2D eigenvalue weighted by Gasteiger charge is 2.34. The first-order valence-corrected chi connectivity index (χ1v) is 7.48. The number of carbonyl (C=O) groups is 1. The Morgan fingerprint density at radius 3 is 3.00 bits per heavy atom. The third-order valence-corrected chi connectivity index (χ3v) is 4.38. The van der Waals surface area contributed by atoms with Gasteiger partial charge in [0.2, 0.25) is 5.91 Å². The van der Waals surface area contributed by atoms with Crippen LogP contribution in [0, 0.1) is 5.92 Å². The van der Waals surface area contributed by atoms with Crippen molar-refractivity contribution in [3.63, 3.8) is 0 Å². The molecule has 1 saturated carbocycles. The average molecular weight is 274 g/mol. The van der Waals surface area contributed by atoms with Crippen LogP contribution < -0.4 is 10.6 Å². The number of carbonyl (C=O) groups excluding carboxylic acids is 1. The number of rotatable bonds is 4. The molecule has 1 aliphatic heterocycles. The summed E-state index contributed by atoms with van der Waals surface area (Å²) in [5.74, 6) is 0.689. The Morgan fingerprint density at radius 1 is 1.45 bits per heavy atom. The second-order valence-electron chi connectivity index (χ2n) is 5.77. The number of nitrogens with zero attached hydrogens (tertiary/aromatic N) is 1. The van der Waals surface area contributed by atoms with Gasteiger partial charge in [-0.3, -0.25) is 4.79 Å². The van der Waals surface area contributed by atoms with Crippen LogP contribution in [-0.4, -0.2) is 25.2 Å². The molecule has 0 bridgehead atoms. The van der Waals surface area contributed by atoms with Gasteiger partial charge in [0, 0.05) is 19.6 Å². The van der Waals surface area contributed by atoms with E-state index < -0.39 is 0 Å². The fourth-order valence-electron chi connectivity index (χ4n) is 3.31. The fourth-order valence-corrected chi connectivity index (χ4v) is 3.31. The summed E-state index contributed by atoms with van der Waals surface area (Å²) in [4.78, 5) is 14.3. The maximum Gasteiger partial charge on any atom is 0.227 e. The van der Waals surface area contributed by atoms with Crippen LogP contribution >= 0.6 is 0 Å². The van der Waals surface area contributed by atoms with E-state index in [9.17, 15) is 4.79 Å². The second kappa shape index (κ2) is 5.44. The normalized spacial score (nSPS) is 24.4. The molecule has 4 heteroatoms. The highest BCUT2D eigenvalue weighted by atomic mass is 16.5. The molecule has 108 valence electrons. The van der Waals surface area contributed by atoms with E-state index in [2.05, 4.69) is 6.07 Å². The highest BCUT2D eigenvalue weighted by molar-refractivity contribution is 5.98. The zero-order valence-electron chi connectivity index (χ0n) is 12.0. The monoisotopic (exact) mass is 274 g/mol. The van der Waals surface area contributed by atoms with Gasteiger partial charge in [-0.25, -0.2) is 0 Å². The summed E-state index contributed by atoms with van der Waals surface area (Å²) in [6.07, 6.45) is 3.94. The standard InChI is InChI=1S/C16H22N2O2/c1-2-20-13-8-11(9-13)10-15(19)18-7-6-12-4-3-5-14(17)16(12)18/h3-5,11,13H,2,6-10,17H2,1H3. The van der Waals surface area contributed by atoms with Gasteiger partial charge in [-0.15, -0.1) is 0 Å². The highest BCUT2D eigenvalue weighted by Crippen LogP contribution is 2.37. The maximum atomic E-state index is 12.5. The van der Waals surface area contributed by atoms with Gasteiger partial charge in [0.15, 0.2) is 0 Å². The van der Waals surface area contributed by atoms with Crippen molar-refractivity contribution in [2.45, 2.75) is 38.7 Å². The maximum absolute atomic E-state index is 12.5. The number of nitrogen functional groups attached to an aromatic ring is 1. The smallest absolute Gasteiger partial charge is 0.227 e. The van der Waals surface area contributed by atoms with Gasteiger partial charge in [0.05, 0.1) is 17.5 Å². The van der Waals surface area contributed by atoms with E-state index >= 15 is 0 Å². The predicted molar refractivity (Wildman–Crippen MR) is 79.7 cm³/mol. The van der Waals surface area contributed by atoms with Gasteiger partial charge in [-0.05, 0) is 43.7 Å². The lowest BCUT2D eigenvalue weighted by atomic mass is 9.79. The topological polar surface area (TPSA) is 55.6 Å². The summed E-state index contributed by atoms with van der Waals surface area (Å²) in [7, 11) is 0. The molecule has 0 saturated heterocycles. The molecule has 20 heavy (non-hydrogen) atoms. The molecule has 0 spiro atoms. The fraction of sp³-hybridized carbons (Fsp3) is 0.562. The molecule has 0 atom stereocenters. The van der Waals surface area contributed by atoms with E-state index in [1.54, 1.807) is 0 Å². The number of benzene rings is 1. The number of nitrogens with two attached hydrogens (primary N) is 1. The van der Waals surface area contributed by atoms with Crippen LogP contribution in [0.15, 0.2) is 18.2 Å². The van der Waals surface area contributed by atoms with Gasteiger partial charge in [0.25, 0.3) is 0 Å². The summed E-state index contributed by atoms with van der Waals surface area (Å²) in [6, 6.07) is 5.90. The van der Waals surface area contributed by atoms with Gasteiger partial charge >= 0.3 is 0 Å². The van der Waals surface area contributed by atoms with Gasteiger partial charge in [-0.2, -0.15) is 0 Å². The third kappa shape index (κ3) is 2.40. The minimum Gasteiger partial charge on any atom is -0.397 e. The molecule has 2 N–H and O–H groups in total. The molecule has 0 aromatic heterocycles. The molecule has 2 aliphatic rings. The molecule has 0 radical (unpaired) electrons. The van der Waals surface area contributed by atoms with Crippen LogP contribution in [-0.2, 0) is 16.0 Å². The second-order valence-corrected chi connectivity index (χ2v) is 5.77. The zero-order chi connectivity index (χ0) is 14.1. The van der Waals surface area contributed by atoms with Gasteiger partial charge < -0.3 is 15.4 Å². The van der Waals surface area contributed by atoms with Crippen molar-refractivity contribution in [2.24, 2.45) is 5.92 Å². The average Bonchev–Trinajstić information content (AvgIpc) is 2.81. The number of anilines is 2. The van der Waals surface area contributed by atoms with Crippen molar-refractivity contribution in [1.82, 2.24) is 0 Å². The Kier molecular flexibility index (Phi) is 3.66. The number of amides is 1. The lowest BCUT2D eigenvalue weighted by molar-refractivity contribution is -0.121. The molecule has 1 aromatic carbocycles. The molecule has 1 aromatic rings. The first-order valence-electron chi connectivity index (χ1n) is 7.48. The van der Waals surface area contributed by atoms with Crippen LogP contribution in [0.2, 0.25) is 0 Å². The van der Waals surface area contributed by atoms with E-state index in [0.717, 1.165) is 38.1 Å². The third-order valence-electron chi connectivity index (χ3n) is 4.38. The van der Waals surface area contributed by atoms with Crippen LogP contribution in [0.4, 0.5) is 11.4 Å². The van der Waals surface area contributed by atoms with Crippen molar-refractivity contribution in [3.05, 3.63) is 23.8 Å². The Labute approximate surface area is 119 Å². The first-order chi connectivity index (χ1) is 9.69. The molecular formula is C16H22N2O2. The van der Waals surface area contributed by atoms with Gasteiger partial charge in [-0.1, -0.05) is 12.1 Å². The van der Waals surface area contributed by atoms with E-state index in [4.69, 9.17) is 10.5 Å². The quantitative estimate of drug-likeness (QED) is 0.858. The molecule has 1 amide bonds. The van der Waals surface area contributed by atoms with Crippen molar-refractivity contribution in [2.75, 3.05) is 23.8 Å². The van der Waals surface area contributed by atoms with E-state index in [0.29, 0.717) is 24.1 Å². The minimum atomic E-state index is 0.210. The first kappa shape index (κ1) is 13.4. The van der Waals surface area contributed by atoms with Crippen molar-refractivity contribution < 1.29 is 9.53 Å². The Balaban J connectivity index is 1.61. The van der Waals surface area contributed by atoms with Crippen LogP contribution in [0.3, 0.4) is 0 Å². The molecule has 1 heterocycles.